The van der Waals surface area contributed by atoms with Gasteiger partial charge in [0.15, 0.2) is 0 Å². The molecule has 0 bridgehead atoms. The van der Waals surface area contributed by atoms with E-state index in [1.165, 1.54) is 12.1 Å². The predicted octanol–water partition coefficient (Wildman–Crippen LogP) is 3.36. The lowest BCUT2D eigenvalue weighted by Crippen LogP contribution is -2.04. The first-order valence-electron chi connectivity index (χ1n) is 3.83. The molecule has 1 aromatic carbocycles. The fraction of sp³-hybridized carbons (Fsp3) is 0.200. The van der Waals surface area contributed by atoms with Crippen LogP contribution in [0.3, 0.4) is 0 Å². The standard InChI is InChI=1S/C10H11F3S/c1-14(2,3)9-6-4-8(5-7-9)10(11,12)13/h4-7H,1-2H2,3H3. The largest absolute Gasteiger partial charge is 0.416 e. The van der Waals surface area contributed by atoms with Gasteiger partial charge in [0.2, 0.25) is 0 Å². The van der Waals surface area contributed by atoms with Crippen molar-refractivity contribution in [2.24, 2.45) is 0 Å². The molecule has 4 heteroatoms. The molecule has 0 spiro atoms. The van der Waals surface area contributed by atoms with E-state index < -0.39 is 20.9 Å². The fourth-order valence-corrected chi connectivity index (χ4v) is 1.77. The molecule has 0 saturated carbocycles. The molecule has 1 rings (SSSR count). The summed E-state index contributed by atoms with van der Waals surface area (Å²) in [5.41, 5.74) is -0.634. The van der Waals surface area contributed by atoms with Gasteiger partial charge in [0, 0.05) is 0 Å². The molecule has 0 radical (unpaired) electrons. The quantitative estimate of drug-likeness (QED) is 0.636. The highest BCUT2D eigenvalue weighted by Crippen LogP contribution is 2.33. The Morgan fingerprint density at radius 3 is 1.79 bits per heavy atom. The first kappa shape index (κ1) is 11.2. The Kier molecular flexibility index (Phi) is 2.67. The van der Waals surface area contributed by atoms with Gasteiger partial charge in [-0.15, -0.1) is 0 Å². The van der Waals surface area contributed by atoms with Gasteiger partial charge in [-0.2, -0.15) is 22.4 Å². The van der Waals surface area contributed by atoms with E-state index in [1.807, 2.05) is 6.26 Å². The van der Waals surface area contributed by atoms with Crippen LogP contribution >= 0.6 is 9.21 Å². The lowest BCUT2D eigenvalue weighted by molar-refractivity contribution is -0.137. The maximum absolute atomic E-state index is 12.2. The Morgan fingerprint density at radius 2 is 1.50 bits per heavy atom. The van der Waals surface area contributed by atoms with Crippen LogP contribution < -0.4 is 0 Å². The Balaban J connectivity index is 3.14. The smallest absolute Gasteiger partial charge is 0.190 e. The molecule has 0 aliphatic heterocycles. The van der Waals surface area contributed by atoms with Gasteiger partial charge in [0.25, 0.3) is 0 Å². The van der Waals surface area contributed by atoms with Crippen molar-refractivity contribution >= 4 is 20.9 Å². The monoisotopic (exact) mass is 220 g/mol. The number of alkyl halides is 3. The number of hydrogen-bond acceptors (Lipinski definition) is 0. The predicted molar refractivity (Wildman–Crippen MR) is 57.5 cm³/mol. The van der Waals surface area contributed by atoms with Gasteiger partial charge < -0.3 is 0 Å². The zero-order valence-corrected chi connectivity index (χ0v) is 8.58. The summed E-state index contributed by atoms with van der Waals surface area (Å²) in [4.78, 5) is 0.769. The minimum absolute atomic E-state index is 0.634. The van der Waals surface area contributed by atoms with Crippen molar-refractivity contribution in [3.05, 3.63) is 29.8 Å². The maximum Gasteiger partial charge on any atom is 0.416 e. The van der Waals surface area contributed by atoms with Crippen molar-refractivity contribution in [3.63, 3.8) is 0 Å². The van der Waals surface area contributed by atoms with Gasteiger partial charge in [-0.25, -0.2) is 0 Å². The van der Waals surface area contributed by atoms with Crippen LogP contribution in [0.5, 0.6) is 0 Å². The Labute approximate surface area is 81.9 Å². The third-order valence-corrected chi connectivity index (χ3v) is 3.16. The number of rotatable bonds is 1. The summed E-state index contributed by atoms with van der Waals surface area (Å²) >= 11 is 0. The average Bonchev–Trinajstić information content (AvgIpc) is 2.01. The zero-order valence-electron chi connectivity index (χ0n) is 7.77. The van der Waals surface area contributed by atoms with Gasteiger partial charge >= 0.3 is 6.18 Å². The van der Waals surface area contributed by atoms with E-state index in [4.69, 9.17) is 0 Å². The van der Waals surface area contributed by atoms with Crippen LogP contribution in [-0.2, 0) is 6.18 Å². The molecule has 0 unspecified atom stereocenters. The molecular weight excluding hydrogens is 209 g/mol. The molecule has 0 fully saturated rings. The fourth-order valence-electron chi connectivity index (χ4n) is 0.972. The van der Waals surface area contributed by atoms with Gasteiger partial charge in [0.05, 0.1) is 5.56 Å². The van der Waals surface area contributed by atoms with Crippen LogP contribution in [0.1, 0.15) is 5.56 Å². The SMILES string of the molecule is C=S(=C)(C)c1ccc(C(F)(F)F)cc1. The summed E-state index contributed by atoms with van der Waals surface area (Å²) in [6.45, 7) is 0. The highest BCUT2D eigenvalue weighted by molar-refractivity contribution is 8.27. The third-order valence-electron chi connectivity index (χ3n) is 1.75. The van der Waals surface area contributed by atoms with E-state index >= 15 is 0 Å². The minimum Gasteiger partial charge on any atom is -0.190 e. The van der Waals surface area contributed by atoms with E-state index in [0.717, 1.165) is 17.0 Å². The van der Waals surface area contributed by atoms with Crippen molar-refractivity contribution in [2.75, 3.05) is 6.26 Å². The summed E-state index contributed by atoms with van der Waals surface area (Å²) in [5.74, 6) is 7.65. The summed E-state index contributed by atoms with van der Waals surface area (Å²) in [6, 6.07) is 5.02. The van der Waals surface area contributed by atoms with E-state index in [1.54, 1.807) is 0 Å². The molecular formula is C10H11F3S. The van der Waals surface area contributed by atoms with Crippen LogP contribution in [0.4, 0.5) is 13.2 Å². The van der Waals surface area contributed by atoms with Gasteiger partial charge in [-0.05, 0) is 35.4 Å². The lowest BCUT2D eigenvalue weighted by atomic mass is 10.2. The van der Waals surface area contributed by atoms with Crippen LogP contribution in [0.15, 0.2) is 29.2 Å². The summed E-state index contributed by atoms with van der Waals surface area (Å²) < 4.78 is 36.6. The average molecular weight is 220 g/mol. The molecule has 0 N–H and O–H groups in total. The topological polar surface area (TPSA) is 0 Å². The highest BCUT2D eigenvalue weighted by atomic mass is 32.2. The van der Waals surface area contributed by atoms with Crippen molar-refractivity contribution in [2.45, 2.75) is 11.1 Å². The van der Waals surface area contributed by atoms with Crippen LogP contribution in [0, 0.1) is 0 Å². The van der Waals surface area contributed by atoms with Crippen LogP contribution in [-0.4, -0.2) is 18.0 Å². The first-order chi connectivity index (χ1) is 6.21. The van der Waals surface area contributed by atoms with Crippen LogP contribution in [0.2, 0.25) is 0 Å². The second-order valence-corrected chi connectivity index (χ2v) is 6.32. The van der Waals surface area contributed by atoms with Gasteiger partial charge in [0.1, 0.15) is 0 Å². The maximum atomic E-state index is 12.2. The van der Waals surface area contributed by atoms with Crippen molar-refractivity contribution in [3.8, 4) is 0 Å². The zero-order chi connectivity index (χ0) is 11.0. The number of hydrogen-bond donors (Lipinski definition) is 0. The second kappa shape index (κ2) is 3.35. The van der Waals surface area contributed by atoms with Gasteiger partial charge in [-0.3, -0.25) is 0 Å². The molecule has 0 amide bonds. The van der Waals surface area contributed by atoms with Crippen LogP contribution in [0.25, 0.3) is 0 Å². The molecule has 14 heavy (non-hydrogen) atoms. The van der Waals surface area contributed by atoms with Crippen molar-refractivity contribution in [1.82, 2.24) is 0 Å². The number of halogens is 3. The van der Waals surface area contributed by atoms with E-state index in [0.29, 0.717) is 0 Å². The molecule has 0 heterocycles. The van der Waals surface area contributed by atoms with Crippen molar-refractivity contribution < 1.29 is 13.2 Å². The molecule has 78 valence electrons. The summed E-state index contributed by atoms with van der Waals surface area (Å²) in [5, 5.41) is 0. The van der Waals surface area contributed by atoms with Crippen molar-refractivity contribution in [1.29, 1.82) is 0 Å². The Hall–Kier alpha value is -0.900. The molecule has 0 aliphatic carbocycles. The second-order valence-electron chi connectivity index (χ2n) is 3.30. The molecule has 0 nitrogen and oxygen atoms in total. The van der Waals surface area contributed by atoms with E-state index in [-0.39, 0.29) is 0 Å². The normalized spacial score (nSPS) is 12.9. The molecule has 0 saturated heterocycles. The first-order valence-corrected chi connectivity index (χ1v) is 6.21. The van der Waals surface area contributed by atoms with E-state index in [9.17, 15) is 13.2 Å². The van der Waals surface area contributed by atoms with E-state index in [2.05, 4.69) is 11.7 Å². The molecule has 0 aliphatic rings. The number of benzene rings is 1. The lowest BCUT2D eigenvalue weighted by Gasteiger charge is -2.10. The highest BCUT2D eigenvalue weighted by Gasteiger charge is 2.29. The molecule has 0 aromatic heterocycles. The Morgan fingerprint density at radius 1 is 1.07 bits per heavy atom. The van der Waals surface area contributed by atoms with Gasteiger partial charge in [-0.1, -0.05) is 11.7 Å². The third kappa shape index (κ3) is 2.54. The Bertz CT molecular complexity index is 410. The molecule has 1 aromatic rings. The minimum atomic E-state index is -4.27. The summed E-state index contributed by atoms with van der Waals surface area (Å²) in [7, 11) is -1.43. The molecule has 0 atom stereocenters. The summed E-state index contributed by atoms with van der Waals surface area (Å²) in [6.07, 6.45) is -2.44.